The lowest BCUT2D eigenvalue weighted by molar-refractivity contribution is -0.384. The minimum absolute atomic E-state index is 0.0205. The molecule has 15 nitrogen and oxygen atoms in total. The van der Waals surface area contributed by atoms with Crippen molar-refractivity contribution in [1.29, 1.82) is 0 Å². The van der Waals surface area contributed by atoms with Gasteiger partial charge in [-0.25, -0.2) is 4.79 Å². The van der Waals surface area contributed by atoms with Gasteiger partial charge in [0, 0.05) is 12.1 Å². The number of carbonyl (C=O) groups is 1. The molecule has 0 fully saturated rings. The van der Waals surface area contributed by atoms with E-state index in [2.05, 4.69) is 0 Å². The SMILES string of the molecule is O=C(O)COCCOCCOCCOCCOCCOCCOCCOCCOCCOc1ccc([N+](=O)[O-])cc1. The molecule has 0 heterocycles. The number of ether oxygens (including phenoxy) is 10. The number of nitrogens with zero attached hydrogens (tertiary/aromatic N) is 1. The lowest BCUT2D eigenvalue weighted by Crippen LogP contribution is -2.15. The highest BCUT2D eigenvalue weighted by Gasteiger charge is 2.04. The molecule has 1 N–H and O–H groups in total. The molecule has 1 aromatic carbocycles. The van der Waals surface area contributed by atoms with Gasteiger partial charge in [-0.1, -0.05) is 0 Å². The fourth-order valence-corrected chi connectivity index (χ4v) is 2.80. The van der Waals surface area contributed by atoms with Crippen LogP contribution in [0.3, 0.4) is 0 Å². The Kier molecular flexibility index (Phi) is 24.7. The zero-order valence-corrected chi connectivity index (χ0v) is 23.4. The van der Waals surface area contributed by atoms with Crippen molar-refractivity contribution in [2.45, 2.75) is 0 Å². The van der Waals surface area contributed by atoms with Gasteiger partial charge in [-0.15, -0.1) is 0 Å². The number of carboxylic acids is 1. The number of nitro groups is 1. The molecule has 0 atom stereocenters. The summed E-state index contributed by atoms with van der Waals surface area (Å²) in [6.07, 6.45) is 0. The van der Waals surface area contributed by atoms with Crippen molar-refractivity contribution in [3.63, 3.8) is 0 Å². The second-order valence-electron chi connectivity index (χ2n) is 7.94. The summed E-state index contributed by atoms with van der Waals surface area (Å²) in [7, 11) is 0. The van der Waals surface area contributed by atoms with Crippen molar-refractivity contribution in [1.82, 2.24) is 0 Å². The van der Waals surface area contributed by atoms with E-state index in [1.54, 1.807) is 12.1 Å². The van der Waals surface area contributed by atoms with Crippen molar-refractivity contribution in [2.75, 3.05) is 126 Å². The molecule has 236 valence electrons. The number of nitro benzene ring substituents is 1. The number of rotatable bonds is 31. The average molecular weight is 594 g/mol. The minimum atomic E-state index is -1.00. The number of hydrogen-bond acceptors (Lipinski definition) is 13. The van der Waals surface area contributed by atoms with Gasteiger partial charge in [-0.2, -0.15) is 0 Å². The van der Waals surface area contributed by atoms with E-state index in [-0.39, 0.29) is 18.9 Å². The van der Waals surface area contributed by atoms with E-state index < -0.39 is 10.9 Å². The van der Waals surface area contributed by atoms with Gasteiger partial charge in [0.25, 0.3) is 5.69 Å². The van der Waals surface area contributed by atoms with Gasteiger partial charge in [0.1, 0.15) is 19.0 Å². The first-order valence-corrected chi connectivity index (χ1v) is 13.4. The number of aliphatic carboxylic acids is 1. The first-order chi connectivity index (χ1) is 20.1. The molecule has 0 aliphatic rings. The van der Waals surface area contributed by atoms with Crippen LogP contribution < -0.4 is 4.74 Å². The molecule has 1 rings (SSSR count). The molecule has 0 radical (unpaired) electrons. The third kappa shape index (κ3) is 25.0. The normalized spacial score (nSPS) is 11.1. The van der Waals surface area contributed by atoms with Crippen LogP contribution in [0.4, 0.5) is 5.69 Å². The highest BCUT2D eigenvalue weighted by molar-refractivity contribution is 5.67. The van der Waals surface area contributed by atoms with Crippen LogP contribution in [0.25, 0.3) is 0 Å². The van der Waals surface area contributed by atoms with Crippen LogP contribution in [0, 0.1) is 10.1 Å². The van der Waals surface area contributed by atoms with Gasteiger partial charge >= 0.3 is 5.97 Å². The molecule has 0 aliphatic heterocycles. The van der Waals surface area contributed by atoms with E-state index in [9.17, 15) is 14.9 Å². The van der Waals surface area contributed by atoms with Crippen molar-refractivity contribution in [2.24, 2.45) is 0 Å². The zero-order chi connectivity index (χ0) is 29.6. The summed E-state index contributed by atoms with van der Waals surface area (Å²) in [6, 6.07) is 5.88. The average Bonchev–Trinajstić information content (AvgIpc) is 2.96. The molecular formula is C26H43NO14. The lowest BCUT2D eigenvalue weighted by atomic mass is 10.3. The van der Waals surface area contributed by atoms with Crippen LogP contribution in [-0.4, -0.2) is 142 Å². The molecular weight excluding hydrogens is 550 g/mol. The Balaban J connectivity index is 1.67. The summed E-state index contributed by atoms with van der Waals surface area (Å²) in [5.41, 5.74) is 0.0205. The molecule has 0 saturated carbocycles. The van der Waals surface area contributed by atoms with E-state index in [0.717, 1.165) is 0 Å². The van der Waals surface area contributed by atoms with Crippen LogP contribution in [0.1, 0.15) is 0 Å². The minimum Gasteiger partial charge on any atom is -0.491 e. The molecule has 0 spiro atoms. The summed E-state index contributed by atoms with van der Waals surface area (Å²) in [4.78, 5) is 20.4. The first-order valence-electron chi connectivity index (χ1n) is 13.4. The predicted molar refractivity (Wildman–Crippen MR) is 144 cm³/mol. The van der Waals surface area contributed by atoms with Crippen LogP contribution in [0.2, 0.25) is 0 Å². The molecule has 0 unspecified atom stereocenters. The molecule has 0 amide bonds. The highest BCUT2D eigenvalue weighted by Crippen LogP contribution is 2.17. The van der Waals surface area contributed by atoms with Gasteiger partial charge in [0.15, 0.2) is 0 Å². The topological polar surface area (TPSA) is 173 Å². The predicted octanol–water partition coefficient (Wildman–Crippen LogP) is 1.21. The Labute approximate surface area is 239 Å². The monoisotopic (exact) mass is 593 g/mol. The van der Waals surface area contributed by atoms with Crippen molar-refractivity contribution >= 4 is 11.7 Å². The molecule has 41 heavy (non-hydrogen) atoms. The van der Waals surface area contributed by atoms with Crippen molar-refractivity contribution < 1.29 is 62.2 Å². The molecule has 15 heteroatoms. The Morgan fingerprint density at radius 3 is 1.12 bits per heavy atom. The van der Waals surface area contributed by atoms with E-state index in [0.29, 0.717) is 118 Å². The van der Waals surface area contributed by atoms with Gasteiger partial charge in [0.05, 0.1) is 117 Å². The quantitative estimate of drug-likeness (QED) is 0.0739. The largest absolute Gasteiger partial charge is 0.491 e. The van der Waals surface area contributed by atoms with E-state index in [1.807, 2.05) is 0 Å². The number of carboxylic acid groups (broad SMARTS) is 1. The zero-order valence-electron chi connectivity index (χ0n) is 23.4. The summed E-state index contributed by atoms with van der Waals surface area (Å²) < 4.78 is 53.4. The Morgan fingerprint density at radius 1 is 0.537 bits per heavy atom. The molecule has 0 aliphatic carbocycles. The molecule has 0 saturated heterocycles. The van der Waals surface area contributed by atoms with Crippen LogP contribution in [0.15, 0.2) is 24.3 Å². The third-order valence-electron chi connectivity index (χ3n) is 4.75. The first kappa shape index (κ1) is 36.6. The Hall–Kier alpha value is -2.47. The van der Waals surface area contributed by atoms with Gasteiger partial charge < -0.3 is 52.5 Å². The lowest BCUT2D eigenvalue weighted by Gasteiger charge is -2.09. The Morgan fingerprint density at radius 2 is 0.829 bits per heavy atom. The summed E-state index contributed by atoms with van der Waals surface area (Å²) in [6.45, 7) is 7.27. The number of non-ortho nitro benzene ring substituents is 1. The molecule has 0 bridgehead atoms. The maximum atomic E-state index is 10.6. The van der Waals surface area contributed by atoms with E-state index in [1.165, 1.54) is 12.1 Å². The molecule has 1 aromatic rings. The van der Waals surface area contributed by atoms with Crippen LogP contribution in [-0.2, 0) is 47.4 Å². The number of hydrogen-bond donors (Lipinski definition) is 1. The van der Waals surface area contributed by atoms with Crippen molar-refractivity contribution in [3.8, 4) is 5.75 Å². The summed E-state index contributed by atoms with van der Waals surface area (Å²) in [5.74, 6) is -0.452. The Bertz CT molecular complexity index is 752. The second kappa shape index (κ2) is 27.7. The second-order valence-corrected chi connectivity index (χ2v) is 7.94. The maximum Gasteiger partial charge on any atom is 0.329 e. The fourth-order valence-electron chi connectivity index (χ4n) is 2.80. The molecule has 0 aromatic heterocycles. The van der Waals surface area contributed by atoms with Crippen LogP contribution in [0.5, 0.6) is 5.75 Å². The smallest absolute Gasteiger partial charge is 0.329 e. The summed E-state index contributed by atoms with van der Waals surface area (Å²) >= 11 is 0. The van der Waals surface area contributed by atoms with Gasteiger partial charge in [-0.3, -0.25) is 10.1 Å². The standard InChI is InChI=1S/C26H43NO14/c28-26(29)23-40-20-19-38-16-15-36-12-11-34-8-7-32-5-6-33-9-10-35-13-14-37-17-18-39-21-22-41-25-3-1-24(2-4-25)27(30)31/h1-4H,5-23H2,(H,28,29). The highest BCUT2D eigenvalue weighted by atomic mass is 16.6. The van der Waals surface area contributed by atoms with Gasteiger partial charge in [0.2, 0.25) is 0 Å². The third-order valence-corrected chi connectivity index (χ3v) is 4.75. The van der Waals surface area contributed by atoms with Crippen LogP contribution >= 0.6 is 0 Å². The fraction of sp³-hybridized carbons (Fsp3) is 0.731. The van der Waals surface area contributed by atoms with E-state index in [4.69, 9.17) is 52.5 Å². The van der Waals surface area contributed by atoms with E-state index >= 15 is 0 Å². The number of benzene rings is 1. The van der Waals surface area contributed by atoms with Gasteiger partial charge in [-0.05, 0) is 12.1 Å². The van der Waals surface area contributed by atoms with Crippen molar-refractivity contribution in [3.05, 3.63) is 34.4 Å². The maximum absolute atomic E-state index is 10.6. The summed E-state index contributed by atoms with van der Waals surface area (Å²) in [5, 5.41) is 19.0.